The van der Waals surface area contributed by atoms with Crippen molar-refractivity contribution in [3.05, 3.63) is 41.2 Å². The highest BCUT2D eigenvalue weighted by Gasteiger charge is 2.10. The second-order valence-electron chi connectivity index (χ2n) is 5.53. The Hall–Kier alpha value is -1.88. The van der Waals surface area contributed by atoms with Crippen LogP contribution in [-0.4, -0.2) is 21.6 Å². The van der Waals surface area contributed by atoms with Crippen molar-refractivity contribution >= 4 is 0 Å². The molecular formula is C17H26N4O. The van der Waals surface area contributed by atoms with E-state index in [0.29, 0.717) is 6.54 Å². The van der Waals surface area contributed by atoms with E-state index in [1.165, 1.54) is 11.3 Å². The molecule has 0 aliphatic heterocycles. The predicted octanol–water partition coefficient (Wildman–Crippen LogP) is 2.86. The lowest BCUT2D eigenvalue weighted by Gasteiger charge is -2.08. The molecule has 0 saturated heterocycles. The number of ether oxygens (including phenoxy) is 1. The van der Waals surface area contributed by atoms with Crippen molar-refractivity contribution in [1.29, 1.82) is 0 Å². The number of hydrogen-bond acceptors (Lipinski definition) is 4. The highest BCUT2D eigenvalue weighted by atomic mass is 16.5. The van der Waals surface area contributed by atoms with Crippen LogP contribution in [0, 0.1) is 6.92 Å². The number of nitrogens with two attached hydrogens (primary N) is 1. The first-order valence-corrected chi connectivity index (χ1v) is 8.05. The summed E-state index contributed by atoms with van der Waals surface area (Å²) in [7, 11) is 0. The fourth-order valence-electron chi connectivity index (χ4n) is 2.41. The van der Waals surface area contributed by atoms with E-state index in [-0.39, 0.29) is 0 Å². The molecule has 1 heterocycles. The zero-order chi connectivity index (χ0) is 15.8. The van der Waals surface area contributed by atoms with Gasteiger partial charge in [-0.05, 0) is 38.3 Å². The van der Waals surface area contributed by atoms with Gasteiger partial charge >= 0.3 is 0 Å². The monoisotopic (exact) mass is 302 g/mol. The lowest BCUT2D eigenvalue weighted by Crippen LogP contribution is -2.09. The highest BCUT2D eigenvalue weighted by molar-refractivity contribution is 5.26. The van der Waals surface area contributed by atoms with Crippen LogP contribution < -0.4 is 10.5 Å². The summed E-state index contributed by atoms with van der Waals surface area (Å²) in [5.74, 6) is 0.934. The molecule has 0 amide bonds. The van der Waals surface area contributed by atoms with Crippen LogP contribution in [0.3, 0.4) is 0 Å². The molecule has 1 aromatic heterocycles. The first-order chi connectivity index (χ1) is 10.7. The molecule has 120 valence electrons. The SMILES string of the molecule is CCCc1c(CN)nnn1CCCCOc1ccc(C)cc1. The molecule has 2 N–H and O–H groups in total. The number of unbranched alkanes of at least 4 members (excludes halogenated alkanes) is 1. The Bertz CT molecular complexity index is 563. The normalized spacial score (nSPS) is 10.9. The quantitative estimate of drug-likeness (QED) is 0.723. The van der Waals surface area contributed by atoms with Crippen LogP contribution in [-0.2, 0) is 19.5 Å². The Morgan fingerprint density at radius 1 is 1.18 bits per heavy atom. The molecule has 0 spiro atoms. The van der Waals surface area contributed by atoms with Gasteiger partial charge in [-0.2, -0.15) is 0 Å². The Morgan fingerprint density at radius 3 is 2.64 bits per heavy atom. The molecule has 0 radical (unpaired) electrons. The van der Waals surface area contributed by atoms with E-state index in [1.807, 2.05) is 16.8 Å². The van der Waals surface area contributed by atoms with Gasteiger partial charge in [0, 0.05) is 13.1 Å². The standard InChI is InChI=1S/C17H26N4O/c1-3-6-17-16(13-18)19-20-21(17)11-4-5-12-22-15-9-7-14(2)8-10-15/h7-10H,3-6,11-13,18H2,1-2H3. The summed E-state index contributed by atoms with van der Waals surface area (Å²) >= 11 is 0. The summed E-state index contributed by atoms with van der Waals surface area (Å²) in [6.07, 6.45) is 4.09. The van der Waals surface area contributed by atoms with Gasteiger partial charge in [0.1, 0.15) is 5.75 Å². The number of nitrogens with zero attached hydrogens (tertiary/aromatic N) is 3. The highest BCUT2D eigenvalue weighted by Crippen LogP contribution is 2.12. The molecule has 2 aromatic rings. The summed E-state index contributed by atoms with van der Waals surface area (Å²) in [4.78, 5) is 0. The smallest absolute Gasteiger partial charge is 0.119 e. The molecule has 2 rings (SSSR count). The van der Waals surface area contributed by atoms with E-state index in [2.05, 4.69) is 36.3 Å². The summed E-state index contributed by atoms with van der Waals surface area (Å²) in [6.45, 7) is 6.30. The van der Waals surface area contributed by atoms with Crippen LogP contribution in [0.25, 0.3) is 0 Å². The van der Waals surface area contributed by atoms with E-state index in [1.54, 1.807) is 0 Å². The van der Waals surface area contributed by atoms with Gasteiger partial charge in [0.15, 0.2) is 0 Å². The van der Waals surface area contributed by atoms with Crippen LogP contribution in [0.1, 0.15) is 43.1 Å². The van der Waals surface area contributed by atoms with Gasteiger partial charge in [0.05, 0.1) is 18.0 Å². The number of hydrogen-bond donors (Lipinski definition) is 1. The molecule has 0 unspecified atom stereocenters. The third kappa shape index (κ3) is 4.56. The summed E-state index contributed by atoms with van der Waals surface area (Å²) in [5, 5.41) is 8.38. The maximum atomic E-state index is 5.74. The Kier molecular flexibility index (Phi) is 6.40. The second kappa shape index (κ2) is 8.54. The zero-order valence-electron chi connectivity index (χ0n) is 13.6. The molecule has 5 nitrogen and oxygen atoms in total. The maximum Gasteiger partial charge on any atom is 0.119 e. The molecule has 0 bridgehead atoms. The largest absolute Gasteiger partial charge is 0.494 e. The van der Waals surface area contributed by atoms with Crippen LogP contribution in [0.15, 0.2) is 24.3 Å². The van der Waals surface area contributed by atoms with Gasteiger partial charge in [0.2, 0.25) is 0 Å². The van der Waals surface area contributed by atoms with Crippen molar-refractivity contribution in [3.63, 3.8) is 0 Å². The van der Waals surface area contributed by atoms with E-state index >= 15 is 0 Å². The molecule has 0 fully saturated rings. The van der Waals surface area contributed by atoms with Crippen LogP contribution in [0.4, 0.5) is 0 Å². The van der Waals surface area contributed by atoms with Gasteiger partial charge < -0.3 is 10.5 Å². The van der Waals surface area contributed by atoms with Crippen molar-refractivity contribution in [2.75, 3.05) is 6.61 Å². The molecule has 0 saturated carbocycles. The summed E-state index contributed by atoms with van der Waals surface area (Å²) in [6, 6.07) is 8.16. The summed E-state index contributed by atoms with van der Waals surface area (Å²) < 4.78 is 7.74. The summed E-state index contributed by atoms with van der Waals surface area (Å²) in [5.41, 5.74) is 9.07. The number of aromatic nitrogens is 3. The first kappa shape index (κ1) is 16.5. The van der Waals surface area contributed by atoms with E-state index in [0.717, 1.165) is 50.3 Å². The van der Waals surface area contributed by atoms with Crippen LogP contribution in [0.2, 0.25) is 0 Å². The van der Waals surface area contributed by atoms with E-state index in [9.17, 15) is 0 Å². The van der Waals surface area contributed by atoms with Crippen molar-refractivity contribution in [1.82, 2.24) is 15.0 Å². The number of aryl methyl sites for hydroxylation is 2. The third-order valence-corrected chi connectivity index (χ3v) is 3.65. The molecule has 1 aromatic carbocycles. The molecule has 5 heteroatoms. The van der Waals surface area contributed by atoms with Gasteiger partial charge in [-0.15, -0.1) is 5.10 Å². The first-order valence-electron chi connectivity index (χ1n) is 8.05. The third-order valence-electron chi connectivity index (χ3n) is 3.65. The van der Waals surface area contributed by atoms with Crippen molar-refractivity contribution in [2.45, 2.75) is 52.6 Å². The number of benzene rings is 1. The van der Waals surface area contributed by atoms with Crippen molar-refractivity contribution in [2.24, 2.45) is 5.73 Å². The minimum atomic E-state index is 0.464. The molecule has 0 atom stereocenters. The van der Waals surface area contributed by atoms with E-state index in [4.69, 9.17) is 10.5 Å². The Morgan fingerprint density at radius 2 is 1.95 bits per heavy atom. The molecule has 0 aliphatic carbocycles. The second-order valence-corrected chi connectivity index (χ2v) is 5.53. The van der Waals surface area contributed by atoms with Gasteiger partial charge in [-0.25, -0.2) is 4.68 Å². The maximum absolute atomic E-state index is 5.74. The van der Waals surface area contributed by atoms with Crippen LogP contribution >= 0.6 is 0 Å². The lowest BCUT2D eigenvalue weighted by molar-refractivity contribution is 0.301. The fraction of sp³-hybridized carbons (Fsp3) is 0.529. The average Bonchev–Trinajstić information content (AvgIpc) is 2.91. The lowest BCUT2D eigenvalue weighted by atomic mass is 10.2. The van der Waals surface area contributed by atoms with Crippen LogP contribution in [0.5, 0.6) is 5.75 Å². The molecule has 22 heavy (non-hydrogen) atoms. The van der Waals surface area contributed by atoms with Gasteiger partial charge in [0.25, 0.3) is 0 Å². The number of rotatable bonds is 9. The predicted molar refractivity (Wildman–Crippen MR) is 87.8 cm³/mol. The van der Waals surface area contributed by atoms with Crippen molar-refractivity contribution in [3.8, 4) is 5.75 Å². The minimum Gasteiger partial charge on any atom is -0.494 e. The Balaban J connectivity index is 1.74. The minimum absolute atomic E-state index is 0.464. The average molecular weight is 302 g/mol. The Labute approximate surface area is 132 Å². The van der Waals surface area contributed by atoms with Gasteiger partial charge in [-0.1, -0.05) is 36.3 Å². The topological polar surface area (TPSA) is 66.0 Å². The zero-order valence-corrected chi connectivity index (χ0v) is 13.6. The fourth-order valence-corrected chi connectivity index (χ4v) is 2.41. The van der Waals surface area contributed by atoms with E-state index < -0.39 is 0 Å². The van der Waals surface area contributed by atoms with Gasteiger partial charge in [-0.3, -0.25) is 0 Å². The molecule has 0 aliphatic rings. The molecular weight excluding hydrogens is 276 g/mol. The van der Waals surface area contributed by atoms with Crippen molar-refractivity contribution < 1.29 is 4.74 Å².